The highest BCUT2D eigenvalue weighted by atomic mass is 32.2. The molecule has 0 aromatic carbocycles. The molecule has 0 aromatic rings. The van der Waals surface area contributed by atoms with Gasteiger partial charge >= 0.3 is 0 Å². The minimum Gasteiger partial charge on any atom is -0.364 e. The maximum Gasteiger partial charge on any atom is 0.153 e. The van der Waals surface area contributed by atoms with Crippen LogP contribution in [0.25, 0.3) is 0 Å². The van der Waals surface area contributed by atoms with E-state index in [0.717, 1.165) is 11.4 Å². The van der Waals surface area contributed by atoms with Crippen molar-refractivity contribution in [3.05, 3.63) is 0 Å². The second-order valence-corrected chi connectivity index (χ2v) is 5.66. The molecular formula is C7H13NO2S2. The average molecular weight is 207 g/mol. The molecule has 5 heteroatoms. The van der Waals surface area contributed by atoms with E-state index < -0.39 is 9.84 Å². The number of sulfone groups is 1. The summed E-state index contributed by atoms with van der Waals surface area (Å²) in [5.41, 5.74) is 0. The first-order valence-electron chi connectivity index (χ1n) is 4.03. The van der Waals surface area contributed by atoms with Crippen molar-refractivity contribution in [3.63, 3.8) is 0 Å². The summed E-state index contributed by atoms with van der Waals surface area (Å²) in [5.74, 6) is 0.514. The molecule has 0 aromatic heterocycles. The van der Waals surface area contributed by atoms with E-state index in [-0.39, 0.29) is 11.5 Å². The molecule has 1 aliphatic heterocycles. The fourth-order valence-electron chi connectivity index (χ4n) is 1.19. The minimum absolute atomic E-state index is 0.257. The van der Waals surface area contributed by atoms with Crippen molar-refractivity contribution >= 4 is 27.0 Å². The number of rotatable bonds is 1. The standard InChI is InChI=1S/C7H13NO2S2/c1-2-7(11)8-3-5-12(9,10)6-4-8/h2-6H2,1H3. The Morgan fingerprint density at radius 2 is 1.92 bits per heavy atom. The lowest BCUT2D eigenvalue weighted by atomic mass is 10.4. The predicted octanol–water partition coefficient (Wildman–Crippen LogP) is 0.454. The van der Waals surface area contributed by atoms with Gasteiger partial charge in [0.2, 0.25) is 0 Å². The second-order valence-electron chi connectivity index (χ2n) is 2.89. The predicted molar refractivity (Wildman–Crippen MR) is 53.1 cm³/mol. The molecule has 1 aliphatic rings. The van der Waals surface area contributed by atoms with Gasteiger partial charge in [0.25, 0.3) is 0 Å². The molecule has 0 aliphatic carbocycles. The Balaban J connectivity index is 2.52. The average Bonchev–Trinajstić information content (AvgIpc) is 2.03. The highest BCUT2D eigenvalue weighted by Crippen LogP contribution is 2.06. The highest BCUT2D eigenvalue weighted by Gasteiger charge is 2.21. The van der Waals surface area contributed by atoms with Gasteiger partial charge in [0, 0.05) is 13.1 Å². The quantitative estimate of drug-likeness (QED) is 0.585. The van der Waals surface area contributed by atoms with Crippen LogP contribution in [0.5, 0.6) is 0 Å². The van der Waals surface area contributed by atoms with Gasteiger partial charge in [0.15, 0.2) is 9.84 Å². The first-order chi connectivity index (χ1) is 5.55. The SMILES string of the molecule is CCC(=S)N1CCS(=O)(=O)CC1. The fourth-order valence-corrected chi connectivity index (χ4v) is 2.57. The summed E-state index contributed by atoms with van der Waals surface area (Å²) < 4.78 is 22.1. The number of hydrogen-bond acceptors (Lipinski definition) is 3. The van der Waals surface area contributed by atoms with Gasteiger partial charge < -0.3 is 4.90 Å². The van der Waals surface area contributed by atoms with Crippen LogP contribution in [0.2, 0.25) is 0 Å². The van der Waals surface area contributed by atoms with Crippen LogP contribution < -0.4 is 0 Å². The van der Waals surface area contributed by atoms with Crippen LogP contribution in [0.4, 0.5) is 0 Å². The van der Waals surface area contributed by atoms with E-state index in [2.05, 4.69) is 0 Å². The van der Waals surface area contributed by atoms with Crippen LogP contribution in [0.15, 0.2) is 0 Å². The van der Waals surface area contributed by atoms with Gasteiger partial charge in [-0.2, -0.15) is 0 Å². The van der Waals surface area contributed by atoms with Gasteiger partial charge in [-0.1, -0.05) is 19.1 Å². The molecule has 12 heavy (non-hydrogen) atoms. The molecule has 0 saturated carbocycles. The number of hydrogen-bond donors (Lipinski definition) is 0. The van der Waals surface area contributed by atoms with Crippen LogP contribution in [0.1, 0.15) is 13.3 Å². The van der Waals surface area contributed by atoms with Crippen LogP contribution in [0.3, 0.4) is 0 Å². The Morgan fingerprint density at radius 3 is 2.33 bits per heavy atom. The van der Waals surface area contributed by atoms with Crippen molar-refractivity contribution in [1.29, 1.82) is 0 Å². The smallest absolute Gasteiger partial charge is 0.153 e. The van der Waals surface area contributed by atoms with Gasteiger partial charge in [-0.3, -0.25) is 0 Å². The molecule has 0 radical (unpaired) electrons. The van der Waals surface area contributed by atoms with Crippen molar-refractivity contribution in [3.8, 4) is 0 Å². The topological polar surface area (TPSA) is 37.4 Å². The van der Waals surface area contributed by atoms with Crippen LogP contribution in [-0.4, -0.2) is 42.9 Å². The second kappa shape index (κ2) is 3.70. The molecular weight excluding hydrogens is 194 g/mol. The van der Waals surface area contributed by atoms with E-state index in [9.17, 15) is 8.42 Å². The van der Waals surface area contributed by atoms with Crippen molar-refractivity contribution < 1.29 is 8.42 Å². The zero-order valence-electron chi connectivity index (χ0n) is 7.12. The van der Waals surface area contributed by atoms with E-state index in [1.807, 2.05) is 11.8 Å². The summed E-state index contributed by atoms with van der Waals surface area (Å²) in [5, 5.41) is 0. The van der Waals surface area contributed by atoms with E-state index in [1.165, 1.54) is 0 Å². The summed E-state index contributed by atoms with van der Waals surface area (Å²) in [7, 11) is -2.76. The van der Waals surface area contributed by atoms with E-state index >= 15 is 0 Å². The van der Waals surface area contributed by atoms with Crippen molar-refractivity contribution in [2.45, 2.75) is 13.3 Å². The largest absolute Gasteiger partial charge is 0.364 e. The van der Waals surface area contributed by atoms with Crippen molar-refractivity contribution in [2.75, 3.05) is 24.6 Å². The molecule has 3 nitrogen and oxygen atoms in total. The third kappa shape index (κ3) is 2.42. The molecule has 0 N–H and O–H groups in total. The van der Waals surface area contributed by atoms with Gasteiger partial charge in [0.05, 0.1) is 16.5 Å². The molecule has 1 saturated heterocycles. The molecule has 1 heterocycles. The summed E-state index contributed by atoms with van der Waals surface area (Å²) in [6.45, 7) is 3.15. The Hall–Kier alpha value is -0.160. The lowest BCUT2D eigenvalue weighted by Gasteiger charge is -2.28. The maximum absolute atomic E-state index is 11.0. The van der Waals surface area contributed by atoms with Crippen molar-refractivity contribution in [2.24, 2.45) is 0 Å². The minimum atomic E-state index is -2.76. The van der Waals surface area contributed by atoms with Crippen LogP contribution >= 0.6 is 12.2 Å². The Kier molecular flexibility index (Phi) is 3.06. The zero-order chi connectivity index (χ0) is 9.19. The van der Waals surface area contributed by atoms with E-state index in [4.69, 9.17) is 12.2 Å². The van der Waals surface area contributed by atoms with Crippen molar-refractivity contribution in [1.82, 2.24) is 4.90 Å². The molecule has 1 rings (SSSR count). The fraction of sp³-hybridized carbons (Fsp3) is 0.857. The third-order valence-electron chi connectivity index (χ3n) is 2.00. The van der Waals surface area contributed by atoms with Crippen LogP contribution in [0, 0.1) is 0 Å². The molecule has 0 atom stereocenters. The molecule has 0 unspecified atom stereocenters. The molecule has 0 amide bonds. The Morgan fingerprint density at radius 1 is 1.42 bits per heavy atom. The Labute approximate surface area is 78.7 Å². The lowest BCUT2D eigenvalue weighted by Crippen LogP contribution is -2.42. The third-order valence-corrected chi connectivity index (χ3v) is 4.16. The van der Waals surface area contributed by atoms with Gasteiger partial charge in [-0.15, -0.1) is 0 Å². The highest BCUT2D eigenvalue weighted by molar-refractivity contribution is 7.91. The van der Waals surface area contributed by atoms with E-state index in [0.29, 0.717) is 13.1 Å². The van der Waals surface area contributed by atoms with Gasteiger partial charge in [-0.05, 0) is 6.42 Å². The van der Waals surface area contributed by atoms with Gasteiger partial charge in [0.1, 0.15) is 0 Å². The monoisotopic (exact) mass is 207 g/mol. The van der Waals surface area contributed by atoms with Gasteiger partial charge in [-0.25, -0.2) is 8.42 Å². The summed E-state index contributed by atoms with van der Waals surface area (Å²) in [6.07, 6.45) is 0.829. The summed E-state index contributed by atoms with van der Waals surface area (Å²) >= 11 is 5.08. The van der Waals surface area contributed by atoms with E-state index in [1.54, 1.807) is 0 Å². The first kappa shape index (κ1) is 9.92. The maximum atomic E-state index is 11.0. The molecule has 70 valence electrons. The Bertz CT molecular complexity index is 257. The number of nitrogens with zero attached hydrogens (tertiary/aromatic N) is 1. The molecule has 0 spiro atoms. The van der Waals surface area contributed by atoms with Crippen LogP contribution in [-0.2, 0) is 9.84 Å². The number of thiocarbonyl (C=S) groups is 1. The first-order valence-corrected chi connectivity index (χ1v) is 6.26. The summed E-state index contributed by atoms with van der Waals surface area (Å²) in [4.78, 5) is 2.86. The summed E-state index contributed by atoms with van der Waals surface area (Å²) in [6, 6.07) is 0. The normalized spacial score (nSPS) is 22.2. The molecule has 0 bridgehead atoms. The molecule has 1 fully saturated rings. The lowest BCUT2D eigenvalue weighted by molar-refractivity contribution is 0.443. The zero-order valence-corrected chi connectivity index (χ0v) is 8.75.